The van der Waals surface area contributed by atoms with Crippen molar-refractivity contribution in [2.24, 2.45) is 0 Å². The molecule has 11 rings (SSSR count). The molecule has 7 aromatic carbocycles. The first-order valence-corrected chi connectivity index (χ1v) is 21.9. The summed E-state index contributed by atoms with van der Waals surface area (Å²) in [6, 6.07) is 47.4. The molecule has 0 unspecified atom stereocenters. The molecular formula is C59H52O2. The van der Waals surface area contributed by atoms with E-state index >= 15 is 0 Å². The number of hydrogen-bond donors (Lipinski definition) is 0. The van der Waals surface area contributed by atoms with E-state index in [4.69, 9.17) is 9.47 Å². The SMILES string of the molecule is C/C=C\C=C/c1cc(-c2ccc3c(c2)C(C)(C)c2ccc4c(c2-3)Oc2ccccc2C4(C)C)ccc1-c1cccc2c1Oc1c(ccc3c1-c1ccccc1C3(C)C)C2(C)C. The van der Waals surface area contributed by atoms with Gasteiger partial charge in [-0.2, -0.15) is 0 Å². The van der Waals surface area contributed by atoms with Gasteiger partial charge in [-0.3, -0.25) is 0 Å². The van der Waals surface area contributed by atoms with Crippen molar-refractivity contribution in [3.05, 3.63) is 196 Å². The van der Waals surface area contributed by atoms with E-state index in [0.29, 0.717) is 0 Å². The highest BCUT2D eigenvalue weighted by Gasteiger charge is 2.45. The average Bonchev–Trinajstić information content (AvgIpc) is 3.63. The number of ether oxygens (including phenoxy) is 2. The molecule has 0 spiro atoms. The molecule has 300 valence electrons. The molecule has 0 atom stereocenters. The summed E-state index contributed by atoms with van der Waals surface area (Å²) >= 11 is 0. The molecule has 61 heavy (non-hydrogen) atoms. The van der Waals surface area contributed by atoms with E-state index < -0.39 is 0 Å². The Hall–Kier alpha value is -6.38. The molecule has 0 radical (unpaired) electrons. The first-order chi connectivity index (χ1) is 29.2. The highest BCUT2D eigenvalue weighted by Crippen LogP contribution is 2.61. The monoisotopic (exact) mass is 792 g/mol. The van der Waals surface area contributed by atoms with Crippen LogP contribution in [0.3, 0.4) is 0 Å². The molecule has 0 saturated heterocycles. The lowest BCUT2D eigenvalue weighted by atomic mass is 9.73. The minimum Gasteiger partial charge on any atom is -0.456 e. The zero-order chi connectivity index (χ0) is 42.2. The van der Waals surface area contributed by atoms with Gasteiger partial charge in [0, 0.05) is 60.6 Å². The number of allylic oxidation sites excluding steroid dienone is 3. The highest BCUT2D eigenvalue weighted by atomic mass is 16.5. The zero-order valence-electron chi connectivity index (χ0n) is 36.8. The summed E-state index contributed by atoms with van der Waals surface area (Å²) in [7, 11) is 0. The van der Waals surface area contributed by atoms with Gasteiger partial charge in [-0.25, -0.2) is 0 Å². The molecule has 0 fully saturated rings. The molecule has 0 amide bonds. The van der Waals surface area contributed by atoms with Crippen LogP contribution in [0.5, 0.6) is 23.0 Å². The Bertz CT molecular complexity index is 3090. The molecule has 2 heterocycles. The van der Waals surface area contributed by atoms with E-state index in [1.165, 1.54) is 77.9 Å². The van der Waals surface area contributed by atoms with Crippen molar-refractivity contribution in [2.75, 3.05) is 0 Å². The largest absolute Gasteiger partial charge is 0.456 e. The van der Waals surface area contributed by atoms with E-state index in [1.54, 1.807) is 0 Å². The molecule has 4 aliphatic rings. The second kappa shape index (κ2) is 12.8. The van der Waals surface area contributed by atoms with Crippen LogP contribution in [0.4, 0.5) is 0 Å². The second-order valence-electron chi connectivity index (χ2n) is 19.6. The Morgan fingerprint density at radius 2 is 0.885 bits per heavy atom. The molecular weight excluding hydrogens is 741 g/mol. The van der Waals surface area contributed by atoms with Crippen molar-refractivity contribution in [1.82, 2.24) is 0 Å². The summed E-state index contributed by atoms with van der Waals surface area (Å²) in [5.41, 5.74) is 20.2. The molecule has 0 aromatic heterocycles. The Kier molecular flexibility index (Phi) is 7.90. The van der Waals surface area contributed by atoms with Crippen molar-refractivity contribution >= 4 is 6.08 Å². The van der Waals surface area contributed by atoms with E-state index in [-0.39, 0.29) is 21.7 Å². The summed E-state index contributed by atoms with van der Waals surface area (Å²) in [5.74, 6) is 3.88. The first-order valence-electron chi connectivity index (χ1n) is 21.9. The lowest BCUT2D eigenvalue weighted by molar-refractivity contribution is 0.419. The van der Waals surface area contributed by atoms with Crippen molar-refractivity contribution in [2.45, 2.75) is 84.0 Å². The van der Waals surface area contributed by atoms with Gasteiger partial charge in [-0.1, -0.05) is 189 Å². The van der Waals surface area contributed by atoms with Crippen LogP contribution in [0, 0.1) is 0 Å². The third-order valence-corrected chi connectivity index (χ3v) is 14.8. The van der Waals surface area contributed by atoms with E-state index in [1.807, 2.05) is 0 Å². The minimum atomic E-state index is -0.269. The van der Waals surface area contributed by atoms with Crippen molar-refractivity contribution < 1.29 is 9.47 Å². The number of para-hydroxylation sites is 2. The van der Waals surface area contributed by atoms with E-state index in [9.17, 15) is 0 Å². The molecule has 2 aliphatic carbocycles. The maximum Gasteiger partial charge on any atom is 0.139 e. The van der Waals surface area contributed by atoms with Crippen molar-refractivity contribution in [3.63, 3.8) is 0 Å². The Balaban J connectivity index is 1.03. The topological polar surface area (TPSA) is 18.5 Å². The summed E-state index contributed by atoms with van der Waals surface area (Å²) in [4.78, 5) is 0. The number of benzene rings is 7. The predicted octanol–water partition coefficient (Wildman–Crippen LogP) is 16.1. The Morgan fingerprint density at radius 3 is 1.61 bits per heavy atom. The van der Waals surface area contributed by atoms with Crippen LogP contribution >= 0.6 is 0 Å². The van der Waals surface area contributed by atoms with E-state index in [0.717, 1.165) is 39.7 Å². The molecule has 7 aromatic rings. The van der Waals surface area contributed by atoms with Crippen LogP contribution in [0.1, 0.15) is 112 Å². The fourth-order valence-corrected chi connectivity index (χ4v) is 11.3. The highest BCUT2D eigenvalue weighted by molar-refractivity contribution is 5.92. The van der Waals surface area contributed by atoms with Crippen molar-refractivity contribution in [1.29, 1.82) is 0 Å². The van der Waals surface area contributed by atoms with Crippen LogP contribution in [0.25, 0.3) is 50.6 Å². The van der Waals surface area contributed by atoms with Crippen LogP contribution in [-0.2, 0) is 21.7 Å². The molecule has 2 heteroatoms. The Morgan fingerprint density at radius 1 is 0.377 bits per heavy atom. The average molecular weight is 793 g/mol. The van der Waals surface area contributed by atoms with Crippen LogP contribution in [0.2, 0.25) is 0 Å². The van der Waals surface area contributed by atoms with Gasteiger partial charge in [0.2, 0.25) is 0 Å². The molecule has 0 saturated carbocycles. The van der Waals surface area contributed by atoms with Gasteiger partial charge >= 0.3 is 0 Å². The van der Waals surface area contributed by atoms with Gasteiger partial charge in [0.25, 0.3) is 0 Å². The summed E-state index contributed by atoms with van der Waals surface area (Å²) in [5, 5.41) is 0. The lowest BCUT2D eigenvalue weighted by Gasteiger charge is -2.37. The summed E-state index contributed by atoms with van der Waals surface area (Å²) in [6.07, 6.45) is 8.57. The summed E-state index contributed by atoms with van der Waals surface area (Å²) < 4.78 is 14.1. The number of fused-ring (bicyclic) bond motifs is 12. The van der Waals surface area contributed by atoms with Gasteiger partial charge in [-0.05, 0) is 80.8 Å². The second-order valence-corrected chi connectivity index (χ2v) is 19.6. The summed E-state index contributed by atoms with van der Waals surface area (Å²) in [6.45, 7) is 20.8. The fourth-order valence-electron chi connectivity index (χ4n) is 11.3. The Labute approximate surface area is 361 Å². The zero-order valence-corrected chi connectivity index (χ0v) is 36.8. The van der Waals surface area contributed by atoms with E-state index in [2.05, 4.69) is 214 Å². The van der Waals surface area contributed by atoms with Crippen LogP contribution in [0.15, 0.2) is 146 Å². The van der Waals surface area contributed by atoms with Crippen LogP contribution in [-0.4, -0.2) is 0 Å². The predicted molar refractivity (Wildman–Crippen MR) is 254 cm³/mol. The molecule has 0 bridgehead atoms. The lowest BCUT2D eigenvalue weighted by Crippen LogP contribution is -2.25. The standard InChI is InChI=1S/C59H52O2/c1-10-11-12-18-37-33-35(36-26-28-41-49(34-36)58(6,7)45-30-31-47-54(52(41)45)60-50-24-16-15-22-43(50)57(47,4)5)25-27-38(37)39-20-17-23-46-53(39)61-55-48(59(46,8)9)32-29-44-51(55)40-19-13-14-21-42(40)56(44,2)3/h10-34H,1-9H3/b11-10-,18-12-. The van der Waals surface area contributed by atoms with Gasteiger partial charge < -0.3 is 9.47 Å². The number of rotatable bonds is 4. The quantitative estimate of drug-likeness (QED) is 0.165. The molecule has 2 nitrogen and oxygen atoms in total. The minimum absolute atomic E-state index is 0.110. The van der Waals surface area contributed by atoms with Gasteiger partial charge in [-0.15, -0.1) is 0 Å². The fraction of sp³-hybridized carbons (Fsp3) is 0.220. The van der Waals surface area contributed by atoms with Crippen molar-refractivity contribution in [3.8, 4) is 67.5 Å². The smallest absolute Gasteiger partial charge is 0.139 e. The van der Waals surface area contributed by atoms with Gasteiger partial charge in [0.1, 0.15) is 23.0 Å². The van der Waals surface area contributed by atoms with Crippen LogP contribution < -0.4 is 9.47 Å². The molecule has 2 aliphatic heterocycles. The van der Waals surface area contributed by atoms with Gasteiger partial charge in [0.05, 0.1) is 0 Å². The number of hydrogen-bond acceptors (Lipinski definition) is 2. The maximum atomic E-state index is 7.31. The molecule has 0 N–H and O–H groups in total. The first kappa shape index (κ1) is 37.6. The maximum absolute atomic E-state index is 7.31. The normalized spacial score (nSPS) is 17.3. The third kappa shape index (κ3) is 5.15. The van der Waals surface area contributed by atoms with Gasteiger partial charge in [0.15, 0.2) is 0 Å². The third-order valence-electron chi connectivity index (χ3n) is 14.8.